The highest BCUT2D eigenvalue weighted by molar-refractivity contribution is 5.71. The molecule has 0 amide bonds. The minimum absolute atomic E-state index is 0.250. The summed E-state index contributed by atoms with van der Waals surface area (Å²) < 4.78 is 0. The second-order valence-corrected chi connectivity index (χ2v) is 1.09. The first-order valence-electron chi connectivity index (χ1n) is 2.87. The fraction of sp³-hybridized carbons (Fsp3) is 0.800. The normalized spacial score (nSPS) is 6.00. The maximum Gasteiger partial charge on any atom is 0.183 e. The van der Waals surface area contributed by atoms with Gasteiger partial charge in [0.05, 0.1) is 0 Å². The van der Waals surface area contributed by atoms with Crippen molar-refractivity contribution in [1.82, 2.24) is 0 Å². The van der Waals surface area contributed by atoms with Crippen molar-refractivity contribution in [3.05, 3.63) is 0 Å². The summed E-state index contributed by atoms with van der Waals surface area (Å²) in [7, 11) is 0. The first-order chi connectivity index (χ1) is 4.56. The van der Waals surface area contributed by atoms with Gasteiger partial charge < -0.3 is 21.7 Å². The van der Waals surface area contributed by atoms with E-state index in [1.807, 2.05) is 0 Å². The van der Waals surface area contributed by atoms with Crippen molar-refractivity contribution >= 4 is 5.96 Å². The minimum atomic E-state index is -0.333. The number of nitrogens with one attached hydrogen (secondary N) is 1. The Balaban J connectivity index is -0.0000000750. The number of hydrogen-bond acceptors (Lipinski definition) is 3. The van der Waals surface area contributed by atoms with Crippen molar-refractivity contribution in [2.45, 2.75) is 13.8 Å². The molecule has 0 aliphatic rings. The second-order valence-electron chi connectivity index (χ2n) is 1.09. The summed E-state index contributed by atoms with van der Waals surface area (Å²) in [6, 6.07) is 0. The molecular formula is C5H17N3O2. The second kappa shape index (κ2) is 24.1. The van der Waals surface area contributed by atoms with Gasteiger partial charge in [0.1, 0.15) is 0 Å². The van der Waals surface area contributed by atoms with E-state index in [0.717, 1.165) is 0 Å². The molecule has 10 heavy (non-hydrogen) atoms. The monoisotopic (exact) mass is 151 g/mol. The lowest BCUT2D eigenvalue weighted by Gasteiger charge is -1.69. The lowest BCUT2D eigenvalue weighted by atomic mass is 10.9. The highest BCUT2D eigenvalue weighted by Gasteiger charge is 1.52. The van der Waals surface area contributed by atoms with Crippen LogP contribution >= 0.6 is 0 Å². The molecule has 0 aliphatic carbocycles. The van der Waals surface area contributed by atoms with Crippen molar-refractivity contribution in [2.75, 3.05) is 13.2 Å². The predicted octanol–water partition coefficient (Wildman–Crippen LogP) is -1.16. The molecule has 0 aromatic heterocycles. The Kier molecular flexibility index (Phi) is 38.8. The summed E-state index contributed by atoms with van der Waals surface area (Å²) in [5.41, 5.74) is 8.94. The number of aliphatic hydroxyl groups is 2. The smallest absolute Gasteiger partial charge is 0.183 e. The number of guanidine groups is 1. The zero-order valence-electron chi connectivity index (χ0n) is 6.46. The van der Waals surface area contributed by atoms with Crippen LogP contribution in [0.15, 0.2) is 0 Å². The molecule has 0 rings (SSSR count). The fourth-order valence-electron chi connectivity index (χ4n) is 0. The van der Waals surface area contributed by atoms with E-state index in [-0.39, 0.29) is 19.2 Å². The Hall–Kier alpha value is -0.810. The van der Waals surface area contributed by atoms with E-state index in [2.05, 4.69) is 11.5 Å². The van der Waals surface area contributed by atoms with E-state index < -0.39 is 0 Å². The van der Waals surface area contributed by atoms with Crippen LogP contribution in [0.3, 0.4) is 0 Å². The van der Waals surface area contributed by atoms with Crippen LogP contribution in [0, 0.1) is 5.41 Å². The molecule has 7 N–H and O–H groups in total. The zero-order valence-corrected chi connectivity index (χ0v) is 6.46. The molecule has 0 fully saturated rings. The van der Waals surface area contributed by atoms with Crippen LogP contribution in [0.25, 0.3) is 0 Å². The maximum atomic E-state index is 7.57. The van der Waals surface area contributed by atoms with E-state index in [0.29, 0.717) is 0 Å². The summed E-state index contributed by atoms with van der Waals surface area (Å²) in [5, 5.41) is 21.2. The molecule has 0 atom stereocenters. The molecular weight excluding hydrogens is 134 g/mol. The first-order valence-corrected chi connectivity index (χ1v) is 2.87. The quantitative estimate of drug-likeness (QED) is 0.222. The fourth-order valence-corrected chi connectivity index (χ4v) is 0. The van der Waals surface area contributed by atoms with Crippen LogP contribution in [0.4, 0.5) is 0 Å². The Morgan fingerprint density at radius 3 is 1.20 bits per heavy atom. The lowest BCUT2D eigenvalue weighted by molar-refractivity contribution is 0.318. The van der Waals surface area contributed by atoms with Crippen LogP contribution in [0.1, 0.15) is 13.8 Å². The Bertz CT molecular complexity index is 52.9. The van der Waals surface area contributed by atoms with Gasteiger partial charge in [-0.05, 0) is 13.8 Å². The lowest BCUT2D eigenvalue weighted by Crippen LogP contribution is -2.20. The summed E-state index contributed by atoms with van der Waals surface area (Å²) >= 11 is 0. The first kappa shape index (κ1) is 16.1. The maximum absolute atomic E-state index is 7.57. The van der Waals surface area contributed by atoms with Gasteiger partial charge in [0.2, 0.25) is 0 Å². The summed E-state index contributed by atoms with van der Waals surface area (Å²) in [6.45, 7) is 3.86. The average Bonchev–Trinajstić information content (AvgIpc) is 1.65. The van der Waals surface area contributed by atoms with Crippen molar-refractivity contribution in [3.8, 4) is 0 Å². The standard InChI is InChI=1S/2C2H6O.CH5N3/c2*1-2-3;2-1(3)4/h2*3H,2H2,1H3;(H5,2,3,4). The van der Waals surface area contributed by atoms with E-state index in [9.17, 15) is 0 Å². The Morgan fingerprint density at radius 2 is 1.20 bits per heavy atom. The van der Waals surface area contributed by atoms with E-state index in [4.69, 9.17) is 15.6 Å². The highest BCUT2D eigenvalue weighted by Crippen LogP contribution is 1.30. The van der Waals surface area contributed by atoms with Gasteiger partial charge in [0.25, 0.3) is 0 Å². The SMILES string of the molecule is CCO.CCO.N=C(N)N. The van der Waals surface area contributed by atoms with Crippen LogP contribution in [-0.4, -0.2) is 29.4 Å². The summed E-state index contributed by atoms with van der Waals surface area (Å²) in [4.78, 5) is 0. The van der Waals surface area contributed by atoms with Crippen molar-refractivity contribution in [3.63, 3.8) is 0 Å². The van der Waals surface area contributed by atoms with Gasteiger partial charge in [-0.1, -0.05) is 0 Å². The van der Waals surface area contributed by atoms with Crippen molar-refractivity contribution in [1.29, 1.82) is 5.41 Å². The number of hydrogen-bond donors (Lipinski definition) is 5. The Morgan fingerprint density at radius 1 is 1.20 bits per heavy atom. The molecule has 64 valence electrons. The van der Waals surface area contributed by atoms with Crippen LogP contribution in [0.5, 0.6) is 0 Å². The van der Waals surface area contributed by atoms with E-state index in [1.54, 1.807) is 13.8 Å². The van der Waals surface area contributed by atoms with Crippen LogP contribution in [-0.2, 0) is 0 Å². The zero-order chi connectivity index (χ0) is 8.99. The Labute approximate surface area is 61.2 Å². The molecule has 0 aliphatic heterocycles. The van der Waals surface area contributed by atoms with Gasteiger partial charge in [0.15, 0.2) is 5.96 Å². The molecule has 0 unspecified atom stereocenters. The van der Waals surface area contributed by atoms with Gasteiger partial charge in [-0.15, -0.1) is 0 Å². The molecule has 0 aromatic rings. The topological polar surface area (TPSA) is 116 Å². The predicted molar refractivity (Wildman–Crippen MR) is 41.6 cm³/mol. The largest absolute Gasteiger partial charge is 0.397 e. The molecule has 5 nitrogen and oxygen atoms in total. The third-order valence-corrected chi connectivity index (χ3v) is 0. The van der Waals surface area contributed by atoms with Crippen molar-refractivity contribution in [2.24, 2.45) is 11.5 Å². The highest BCUT2D eigenvalue weighted by atomic mass is 16.3. The van der Waals surface area contributed by atoms with Gasteiger partial charge in [-0.2, -0.15) is 0 Å². The average molecular weight is 151 g/mol. The summed E-state index contributed by atoms with van der Waals surface area (Å²) in [6.07, 6.45) is 0. The van der Waals surface area contributed by atoms with Gasteiger partial charge in [-0.3, -0.25) is 5.41 Å². The third-order valence-electron chi connectivity index (χ3n) is 0. The molecule has 0 bridgehead atoms. The summed E-state index contributed by atoms with van der Waals surface area (Å²) in [5.74, 6) is -0.333. The van der Waals surface area contributed by atoms with Gasteiger partial charge in [-0.25, -0.2) is 0 Å². The molecule has 0 radical (unpaired) electrons. The van der Waals surface area contributed by atoms with Gasteiger partial charge in [0, 0.05) is 13.2 Å². The number of nitrogens with two attached hydrogens (primary N) is 2. The molecule has 0 saturated heterocycles. The van der Waals surface area contributed by atoms with E-state index >= 15 is 0 Å². The van der Waals surface area contributed by atoms with Crippen LogP contribution < -0.4 is 11.5 Å². The number of aliphatic hydroxyl groups excluding tert-OH is 2. The third kappa shape index (κ3) is 420. The molecule has 0 aromatic carbocycles. The van der Waals surface area contributed by atoms with Crippen molar-refractivity contribution < 1.29 is 10.2 Å². The molecule has 0 heterocycles. The molecule has 5 heteroatoms. The van der Waals surface area contributed by atoms with Crippen LogP contribution in [0.2, 0.25) is 0 Å². The molecule has 0 saturated carbocycles. The molecule has 0 spiro atoms. The minimum Gasteiger partial charge on any atom is -0.397 e. The van der Waals surface area contributed by atoms with Gasteiger partial charge >= 0.3 is 0 Å². The van der Waals surface area contributed by atoms with E-state index in [1.165, 1.54) is 0 Å². The number of rotatable bonds is 0.